The first kappa shape index (κ1) is 26.7. The van der Waals surface area contributed by atoms with E-state index in [2.05, 4.69) is 138 Å². The van der Waals surface area contributed by atoms with Crippen LogP contribution in [0.3, 0.4) is 0 Å². The van der Waals surface area contributed by atoms with Crippen molar-refractivity contribution in [2.24, 2.45) is 0 Å². The molecule has 3 heterocycles. The molecule has 0 N–H and O–H groups in total. The standard InChI is InChI=1S/C44H27N3O/c48-44-36-18-6-8-19-39(36)45-43-35-17-5-4-15-33(35)38-27-32(22-24-42(38)47(43)44)46-40-20-9-7-16-34(40)37-26-31(21-23-41(37)46)30-14-10-13-29(25-30)28-11-2-1-3-12-28/h1-27H. The fourth-order valence-corrected chi connectivity index (χ4v) is 7.46. The van der Waals surface area contributed by atoms with E-state index in [1.54, 1.807) is 4.40 Å². The molecular weight excluding hydrogens is 587 g/mol. The molecule has 0 saturated heterocycles. The van der Waals surface area contributed by atoms with E-state index in [1.807, 2.05) is 30.3 Å². The van der Waals surface area contributed by atoms with Gasteiger partial charge >= 0.3 is 0 Å². The third kappa shape index (κ3) is 3.90. The molecule has 10 aromatic rings. The summed E-state index contributed by atoms with van der Waals surface area (Å²) in [6.07, 6.45) is 0. The molecule has 0 atom stereocenters. The summed E-state index contributed by atoms with van der Waals surface area (Å²) in [5.41, 5.74) is 10.3. The van der Waals surface area contributed by atoms with Crippen molar-refractivity contribution in [2.45, 2.75) is 0 Å². The molecule has 0 unspecified atom stereocenters. The summed E-state index contributed by atoms with van der Waals surface area (Å²) in [7, 11) is 0. The van der Waals surface area contributed by atoms with Crippen LogP contribution < -0.4 is 5.56 Å². The zero-order valence-corrected chi connectivity index (χ0v) is 25.8. The molecule has 0 aliphatic heterocycles. The second-order valence-electron chi connectivity index (χ2n) is 12.4. The Morgan fingerprint density at radius 2 is 1.00 bits per heavy atom. The summed E-state index contributed by atoms with van der Waals surface area (Å²) in [6.45, 7) is 0. The van der Waals surface area contributed by atoms with E-state index >= 15 is 0 Å². The Balaban J connectivity index is 1.22. The summed E-state index contributed by atoms with van der Waals surface area (Å²) in [5, 5.41) is 6.04. The highest BCUT2D eigenvalue weighted by Crippen LogP contribution is 2.37. The fourth-order valence-electron chi connectivity index (χ4n) is 7.46. The zero-order valence-electron chi connectivity index (χ0n) is 25.8. The molecule has 0 aliphatic rings. The summed E-state index contributed by atoms with van der Waals surface area (Å²) in [5.74, 6) is 0. The van der Waals surface area contributed by atoms with Crippen LogP contribution >= 0.6 is 0 Å². The van der Waals surface area contributed by atoms with Crippen LogP contribution in [0.2, 0.25) is 0 Å². The molecule has 4 nitrogen and oxygen atoms in total. The average Bonchev–Trinajstić information content (AvgIpc) is 3.49. The van der Waals surface area contributed by atoms with Crippen LogP contribution in [0.15, 0.2) is 169 Å². The smallest absolute Gasteiger partial charge is 0.266 e. The number of hydrogen-bond acceptors (Lipinski definition) is 2. The van der Waals surface area contributed by atoms with Crippen molar-refractivity contribution in [3.8, 4) is 27.9 Å². The number of rotatable bonds is 3. The first-order valence-corrected chi connectivity index (χ1v) is 16.2. The van der Waals surface area contributed by atoms with E-state index in [-0.39, 0.29) is 5.56 Å². The van der Waals surface area contributed by atoms with Crippen LogP contribution in [0.5, 0.6) is 0 Å². The maximum absolute atomic E-state index is 14.0. The molecule has 3 aromatic heterocycles. The Kier molecular flexibility index (Phi) is 5.69. The molecule has 4 heteroatoms. The highest BCUT2D eigenvalue weighted by atomic mass is 16.1. The molecule has 7 aromatic carbocycles. The summed E-state index contributed by atoms with van der Waals surface area (Å²) < 4.78 is 4.13. The van der Waals surface area contributed by atoms with E-state index in [4.69, 9.17) is 4.98 Å². The lowest BCUT2D eigenvalue weighted by Gasteiger charge is -2.14. The SMILES string of the molecule is O=c1c2ccccc2nc2c3ccccc3c3cc(-n4c5ccccc5c5cc(-c6cccc(-c7ccccc7)c6)ccc54)ccc3n12. The van der Waals surface area contributed by atoms with Gasteiger partial charge in [0.1, 0.15) is 5.65 Å². The fraction of sp³-hybridized carbons (Fsp3) is 0. The van der Waals surface area contributed by atoms with Crippen molar-refractivity contribution in [1.29, 1.82) is 0 Å². The van der Waals surface area contributed by atoms with E-state index in [9.17, 15) is 4.79 Å². The van der Waals surface area contributed by atoms with Gasteiger partial charge in [-0.1, -0.05) is 109 Å². The number of aromatic nitrogens is 3. The van der Waals surface area contributed by atoms with E-state index in [0.29, 0.717) is 16.6 Å². The highest BCUT2D eigenvalue weighted by molar-refractivity contribution is 6.14. The average molecular weight is 614 g/mol. The topological polar surface area (TPSA) is 39.3 Å². The van der Waals surface area contributed by atoms with Crippen molar-refractivity contribution in [2.75, 3.05) is 0 Å². The molecule has 0 aliphatic carbocycles. The van der Waals surface area contributed by atoms with E-state index in [0.717, 1.165) is 38.4 Å². The van der Waals surface area contributed by atoms with Gasteiger partial charge in [-0.05, 0) is 82.2 Å². The van der Waals surface area contributed by atoms with Gasteiger partial charge in [0.15, 0.2) is 0 Å². The predicted molar refractivity (Wildman–Crippen MR) is 199 cm³/mol. The Morgan fingerprint density at radius 1 is 0.396 bits per heavy atom. The minimum atomic E-state index is -0.0557. The first-order chi connectivity index (χ1) is 23.7. The van der Waals surface area contributed by atoms with Crippen molar-refractivity contribution >= 4 is 60.0 Å². The van der Waals surface area contributed by atoms with Crippen LogP contribution in [-0.4, -0.2) is 14.0 Å². The normalized spacial score (nSPS) is 11.8. The second kappa shape index (κ2) is 10.2. The molecule has 0 saturated carbocycles. The minimum Gasteiger partial charge on any atom is -0.309 e. The molecular formula is C44H27N3O. The van der Waals surface area contributed by atoms with Crippen LogP contribution in [0.1, 0.15) is 0 Å². The molecule has 10 rings (SSSR count). The van der Waals surface area contributed by atoms with Gasteiger partial charge < -0.3 is 4.57 Å². The summed E-state index contributed by atoms with van der Waals surface area (Å²) >= 11 is 0. The number of hydrogen-bond donors (Lipinski definition) is 0. The van der Waals surface area contributed by atoms with Gasteiger partial charge in [0.25, 0.3) is 5.56 Å². The largest absolute Gasteiger partial charge is 0.309 e. The first-order valence-electron chi connectivity index (χ1n) is 16.2. The Bertz CT molecular complexity index is 2970. The molecule has 224 valence electrons. The molecule has 0 fully saturated rings. The number of para-hydroxylation sites is 2. The number of fused-ring (bicyclic) bond motifs is 10. The molecule has 0 radical (unpaired) electrons. The lowest BCUT2D eigenvalue weighted by Crippen LogP contribution is -2.16. The van der Waals surface area contributed by atoms with Crippen molar-refractivity contribution < 1.29 is 0 Å². The quantitative estimate of drug-likeness (QED) is 0.147. The zero-order chi connectivity index (χ0) is 31.8. The Morgan fingerprint density at radius 3 is 1.85 bits per heavy atom. The van der Waals surface area contributed by atoms with E-state index in [1.165, 1.54) is 33.0 Å². The van der Waals surface area contributed by atoms with Gasteiger partial charge in [0, 0.05) is 27.2 Å². The van der Waals surface area contributed by atoms with Gasteiger partial charge in [0.2, 0.25) is 0 Å². The van der Waals surface area contributed by atoms with Crippen molar-refractivity contribution in [3.63, 3.8) is 0 Å². The number of pyridine rings is 1. The van der Waals surface area contributed by atoms with Crippen LogP contribution in [-0.2, 0) is 0 Å². The molecule has 48 heavy (non-hydrogen) atoms. The van der Waals surface area contributed by atoms with Gasteiger partial charge in [-0.3, -0.25) is 9.20 Å². The highest BCUT2D eigenvalue weighted by Gasteiger charge is 2.17. The summed E-state index contributed by atoms with van der Waals surface area (Å²) in [6, 6.07) is 56.9. The Labute approximate surface area is 275 Å². The summed E-state index contributed by atoms with van der Waals surface area (Å²) in [4.78, 5) is 19.0. The lowest BCUT2D eigenvalue weighted by molar-refractivity contribution is 1.13. The molecule has 0 bridgehead atoms. The van der Waals surface area contributed by atoms with Crippen LogP contribution in [0.4, 0.5) is 0 Å². The van der Waals surface area contributed by atoms with Crippen molar-refractivity contribution in [1.82, 2.24) is 14.0 Å². The van der Waals surface area contributed by atoms with E-state index < -0.39 is 0 Å². The van der Waals surface area contributed by atoms with Gasteiger partial charge in [-0.25, -0.2) is 4.98 Å². The maximum Gasteiger partial charge on any atom is 0.266 e. The van der Waals surface area contributed by atoms with Gasteiger partial charge in [-0.15, -0.1) is 0 Å². The van der Waals surface area contributed by atoms with Gasteiger partial charge in [-0.2, -0.15) is 0 Å². The predicted octanol–water partition coefficient (Wildman–Crippen LogP) is 10.6. The molecule has 0 spiro atoms. The van der Waals surface area contributed by atoms with Crippen LogP contribution in [0.25, 0.3) is 88.0 Å². The number of benzene rings is 7. The number of nitrogens with zero attached hydrogens (tertiary/aromatic N) is 3. The third-order valence-electron chi connectivity index (χ3n) is 9.69. The van der Waals surface area contributed by atoms with Gasteiger partial charge in [0.05, 0.1) is 27.5 Å². The second-order valence-corrected chi connectivity index (χ2v) is 12.4. The Hall–Kier alpha value is -6.52. The van der Waals surface area contributed by atoms with Crippen molar-refractivity contribution in [3.05, 3.63) is 174 Å². The monoisotopic (exact) mass is 613 g/mol. The third-order valence-corrected chi connectivity index (χ3v) is 9.69. The molecule has 0 amide bonds. The van der Waals surface area contributed by atoms with Crippen LogP contribution in [0, 0.1) is 0 Å². The lowest BCUT2D eigenvalue weighted by atomic mass is 9.98. The minimum absolute atomic E-state index is 0.0557. The maximum atomic E-state index is 14.0.